The molecule has 0 spiro atoms. The molecule has 1 aromatic heterocycles. The molecule has 2 N–H and O–H groups in total. The number of benzene rings is 1. The van der Waals surface area contributed by atoms with Crippen LogP contribution in [0.25, 0.3) is 0 Å². The molecule has 0 fully saturated rings. The molecule has 1 aromatic carbocycles. The second-order valence-electron chi connectivity index (χ2n) is 3.70. The molecule has 1 amide bonds. The van der Waals surface area contributed by atoms with Gasteiger partial charge in [-0.05, 0) is 30.3 Å². The van der Waals surface area contributed by atoms with E-state index in [1.807, 2.05) is 0 Å². The zero-order chi connectivity index (χ0) is 14.7. The van der Waals surface area contributed by atoms with E-state index in [0.29, 0.717) is 0 Å². The topological polar surface area (TPSA) is 92.2 Å². The first-order valence-electron chi connectivity index (χ1n) is 5.31. The molecule has 0 bridgehead atoms. The zero-order valence-corrected chi connectivity index (χ0v) is 11.3. The van der Waals surface area contributed by atoms with Gasteiger partial charge in [0.25, 0.3) is 5.91 Å². The molecule has 0 aliphatic heterocycles. The van der Waals surface area contributed by atoms with Crippen LogP contribution in [0.2, 0.25) is 10.2 Å². The van der Waals surface area contributed by atoms with Crippen molar-refractivity contribution < 1.29 is 14.7 Å². The van der Waals surface area contributed by atoms with E-state index < -0.39 is 11.9 Å². The van der Waals surface area contributed by atoms with Crippen LogP contribution in [0.3, 0.4) is 0 Å². The Kier molecular flexibility index (Phi) is 4.16. The number of carboxylic acid groups (broad SMARTS) is 1. The summed E-state index contributed by atoms with van der Waals surface area (Å²) < 4.78 is 0. The third-order valence-corrected chi connectivity index (χ3v) is 2.85. The Hall–Kier alpha value is -2.18. The lowest BCUT2D eigenvalue weighted by Gasteiger charge is -2.06. The number of carboxylic acids is 1. The number of carbonyl (C=O) groups excluding carboxylic acids is 1. The number of aromatic nitrogens is 2. The van der Waals surface area contributed by atoms with Gasteiger partial charge in [-0.15, -0.1) is 10.2 Å². The van der Waals surface area contributed by atoms with Gasteiger partial charge in [0.2, 0.25) is 0 Å². The first-order valence-corrected chi connectivity index (χ1v) is 6.06. The number of hydrogen-bond acceptors (Lipinski definition) is 4. The number of nitrogens with one attached hydrogen (secondary N) is 1. The monoisotopic (exact) mass is 311 g/mol. The van der Waals surface area contributed by atoms with E-state index in [1.54, 1.807) is 0 Å². The van der Waals surface area contributed by atoms with Crippen LogP contribution in [0, 0.1) is 0 Å². The van der Waals surface area contributed by atoms with Crippen molar-refractivity contribution in [2.45, 2.75) is 0 Å². The molecule has 2 aromatic rings. The Bertz CT molecular complexity index is 674. The van der Waals surface area contributed by atoms with Gasteiger partial charge in [0.05, 0.1) is 10.6 Å². The molecule has 102 valence electrons. The SMILES string of the molecule is O=C(Nc1ccc(Cl)c(C(=O)O)c1)c1ccc(Cl)nn1. The van der Waals surface area contributed by atoms with Crippen molar-refractivity contribution in [3.63, 3.8) is 0 Å². The molecular weight excluding hydrogens is 305 g/mol. The summed E-state index contributed by atoms with van der Waals surface area (Å²) in [4.78, 5) is 22.8. The van der Waals surface area contributed by atoms with Crippen LogP contribution in [0.4, 0.5) is 5.69 Å². The maximum atomic E-state index is 11.9. The molecule has 0 aliphatic carbocycles. The van der Waals surface area contributed by atoms with E-state index in [9.17, 15) is 9.59 Å². The van der Waals surface area contributed by atoms with Crippen LogP contribution in [-0.2, 0) is 0 Å². The first kappa shape index (κ1) is 14.2. The minimum absolute atomic E-state index is 0.0567. The molecule has 0 atom stereocenters. The average Bonchev–Trinajstić information content (AvgIpc) is 2.41. The molecule has 8 heteroatoms. The highest BCUT2D eigenvalue weighted by molar-refractivity contribution is 6.33. The smallest absolute Gasteiger partial charge is 0.337 e. The third-order valence-electron chi connectivity index (χ3n) is 2.32. The Labute approximate surface area is 123 Å². The molecule has 1 heterocycles. The van der Waals surface area contributed by atoms with Crippen LogP contribution in [0.5, 0.6) is 0 Å². The fraction of sp³-hybridized carbons (Fsp3) is 0. The molecule has 20 heavy (non-hydrogen) atoms. The van der Waals surface area contributed by atoms with E-state index in [0.717, 1.165) is 0 Å². The van der Waals surface area contributed by atoms with Gasteiger partial charge in [-0.1, -0.05) is 23.2 Å². The quantitative estimate of drug-likeness (QED) is 0.909. The van der Waals surface area contributed by atoms with Crippen molar-refractivity contribution in [1.29, 1.82) is 0 Å². The summed E-state index contributed by atoms with van der Waals surface area (Å²) in [6.45, 7) is 0. The molecule has 0 unspecified atom stereocenters. The Balaban J connectivity index is 2.21. The molecule has 0 saturated heterocycles. The second-order valence-corrected chi connectivity index (χ2v) is 4.49. The van der Waals surface area contributed by atoms with E-state index in [1.165, 1.54) is 30.3 Å². The van der Waals surface area contributed by atoms with Crippen molar-refractivity contribution in [3.05, 3.63) is 51.8 Å². The van der Waals surface area contributed by atoms with Crippen molar-refractivity contribution in [2.24, 2.45) is 0 Å². The third kappa shape index (κ3) is 3.23. The van der Waals surface area contributed by atoms with Gasteiger partial charge in [-0.25, -0.2) is 4.79 Å². The highest BCUT2D eigenvalue weighted by atomic mass is 35.5. The summed E-state index contributed by atoms with van der Waals surface area (Å²) in [6.07, 6.45) is 0. The van der Waals surface area contributed by atoms with E-state index in [4.69, 9.17) is 28.3 Å². The Morgan fingerprint density at radius 2 is 1.85 bits per heavy atom. The highest BCUT2D eigenvalue weighted by Gasteiger charge is 2.12. The number of aromatic carboxylic acids is 1. The van der Waals surface area contributed by atoms with Crippen LogP contribution < -0.4 is 5.32 Å². The maximum Gasteiger partial charge on any atom is 0.337 e. The van der Waals surface area contributed by atoms with Gasteiger partial charge < -0.3 is 10.4 Å². The summed E-state index contributed by atoms with van der Waals surface area (Å²) in [7, 11) is 0. The largest absolute Gasteiger partial charge is 0.478 e. The molecule has 0 aliphatic rings. The summed E-state index contributed by atoms with van der Waals surface area (Å²) in [6, 6.07) is 6.95. The minimum Gasteiger partial charge on any atom is -0.478 e. The van der Waals surface area contributed by atoms with Crippen molar-refractivity contribution in [2.75, 3.05) is 5.32 Å². The number of carbonyl (C=O) groups is 2. The van der Waals surface area contributed by atoms with Gasteiger partial charge in [0.1, 0.15) is 0 Å². The molecule has 2 rings (SSSR count). The lowest BCUT2D eigenvalue weighted by atomic mass is 10.2. The Morgan fingerprint density at radius 3 is 2.45 bits per heavy atom. The molecule has 6 nitrogen and oxygen atoms in total. The predicted molar refractivity (Wildman–Crippen MR) is 73.4 cm³/mol. The number of halogens is 2. The molecular formula is C12H7Cl2N3O3. The minimum atomic E-state index is -1.18. The first-order chi connectivity index (χ1) is 9.47. The maximum absolute atomic E-state index is 11.9. The summed E-state index contributed by atoms with van der Waals surface area (Å²) >= 11 is 11.3. The lowest BCUT2D eigenvalue weighted by molar-refractivity contribution is 0.0696. The predicted octanol–water partition coefficient (Wildman–Crippen LogP) is 2.73. The van der Waals surface area contributed by atoms with E-state index in [2.05, 4.69) is 15.5 Å². The van der Waals surface area contributed by atoms with Crippen LogP contribution in [0.15, 0.2) is 30.3 Å². The van der Waals surface area contributed by atoms with Gasteiger partial charge in [-0.2, -0.15) is 0 Å². The standard InChI is InChI=1S/C12H7Cl2N3O3/c13-8-2-1-6(5-7(8)12(19)20)15-11(18)9-3-4-10(14)17-16-9/h1-5H,(H,15,18)(H,19,20). The van der Waals surface area contributed by atoms with E-state index in [-0.39, 0.29) is 27.1 Å². The van der Waals surface area contributed by atoms with Gasteiger partial charge in [0, 0.05) is 5.69 Å². The van der Waals surface area contributed by atoms with Gasteiger partial charge in [-0.3, -0.25) is 4.79 Å². The Morgan fingerprint density at radius 1 is 1.10 bits per heavy atom. The van der Waals surface area contributed by atoms with Crippen molar-refractivity contribution in [1.82, 2.24) is 10.2 Å². The second kappa shape index (κ2) is 5.85. The average molecular weight is 312 g/mol. The summed E-state index contributed by atoms with van der Waals surface area (Å²) in [5.41, 5.74) is 0.237. The van der Waals surface area contributed by atoms with Crippen molar-refractivity contribution >= 4 is 40.8 Å². The fourth-order valence-electron chi connectivity index (χ4n) is 1.40. The van der Waals surface area contributed by atoms with Gasteiger partial charge in [0.15, 0.2) is 10.8 Å². The number of amides is 1. The highest BCUT2D eigenvalue weighted by Crippen LogP contribution is 2.21. The zero-order valence-electron chi connectivity index (χ0n) is 9.80. The van der Waals surface area contributed by atoms with Crippen LogP contribution in [0.1, 0.15) is 20.8 Å². The lowest BCUT2D eigenvalue weighted by Crippen LogP contribution is -2.14. The van der Waals surface area contributed by atoms with Crippen molar-refractivity contribution in [3.8, 4) is 0 Å². The number of rotatable bonds is 3. The van der Waals surface area contributed by atoms with Crippen LogP contribution >= 0.6 is 23.2 Å². The summed E-state index contributed by atoms with van der Waals surface area (Å²) in [5, 5.41) is 18.8. The van der Waals surface area contributed by atoms with E-state index >= 15 is 0 Å². The number of hydrogen-bond donors (Lipinski definition) is 2. The fourth-order valence-corrected chi connectivity index (χ4v) is 1.70. The molecule has 0 radical (unpaired) electrons. The number of anilines is 1. The van der Waals surface area contributed by atoms with Crippen LogP contribution in [-0.4, -0.2) is 27.2 Å². The molecule has 0 saturated carbocycles. The summed E-state index contributed by atoms with van der Waals surface area (Å²) in [5.74, 6) is -1.72. The normalized spacial score (nSPS) is 10.1. The number of nitrogens with zero attached hydrogens (tertiary/aromatic N) is 2. The van der Waals surface area contributed by atoms with Gasteiger partial charge >= 0.3 is 5.97 Å².